The van der Waals surface area contributed by atoms with Crippen molar-refractivity contribution in [3.8, 4) is 0 Å². The molecule has 1 amide bonds. The van der Waals surface area contributed by atoms with Crippen molar-refractivity contribution in [2.75, 3.05) is 18.4 Å². The van der Waals surface area contributed by atoms with Crippen LogP contribution in [0.25, 0.3) is 10.9 Å². The highest BCUT2D eigenvalue weighted by Gasteiger charge is 2.13. The zero-order valence-electron chi connectivity index (χ0n) is 13.7. The first-order valence-corrected chi connectivity index (χ1v) is 7.94. The molecule has 8 nitrogen and oxygen atoms in total. The Kier molecular flexibility index (Phi) is 4.93. The number of pyridine rings is 1. The van der Waals surface area contributed by atoms with Crippen LogP contribution in [-0.2, 0) is 0 Å². The van der Waals surface area contributed by atoms with Crippen molar-refractivity contribution >= 4 is 28.2 Å². The fraction of sp³-hybridized carbons (Fsp3) is 0.111. The molecule has 26 heavy (non-hydrogen) atoms. The molecule has 3 rings (SSSR count). The van der Waals surface area contributed by atoms with Gasteiger partial charge < -0.3 is 15.6 Å². The van der Waals surface area contributed by atoms with Crippen molar-refractivity contribution in [1.29, 1.82) is 0 Å². The van der Waals surface area contributed by atoms with E-state index in [0.717, 1.165) is 5.39 Å². The van der Waals surface area contributed by atoms with Crippen LogP contribution in [0.3, 0.4) is 0 Å². The maximum Gasteiger partial charge on any atom is 0.292 e. The number of amides is 1. The zero-order valence-corrected chi connectivity index (χ0v) is 13.7. The first kappa shape index (κ1) is 17.2. The van der Waals surface area contributed by atoms with Gasteiger partial charge in [0.2, 0.25) is 0 Å². The molecule has 132 valence electrons. The molecule has 1 heterocycles. The van der Waals surface area contributed by atoms with Gasteiger partial charge in [-0.2, -0.15) is 0 Å². The molecule has 0 bridgehead atoms. The summed E-state index contributed by atoms with van der Waals surface area (Å²) in [6, 6.07) is 15.0. The second-order valence-corrected chi connectivity index (χ2v) is 5.56. The minimum Gasteiger partial charge on any atom is -0.378 e. The lowest BCUT2D eigenvalue weighted by Crippen LogP contribution is -2.32. The van der Waals surface area contributed by atoms with Crippen LogP contribution in [0, 0.1) is 10.1 Å². The van der Waals surface area contributed by atoms with E-state index >= 15 is 0 Å². The highest BCUT2D eigenvalue weighted by atomic mass is 16.6. The summed E-state index contributed by atoms with van der Waals surface area (Å²) in [5.74, 6) is -0.499. The van der Waals surface area contributed by atoms with E-state index < -0.39 is 16.4 Å². The number of nitrogens with zero attached hydrogens (tertiary/aromatic N) is 1. The number of aromatic amines is 1. The number of nitro benzene ring substituents is 1. The van der Waals surface area contributed by atoms with E-state index in [9.17, 15) is 19.7 Å². The third-order valence-electron chi connectivity index (χ3n) is 3.82. The van der Waals surface area contributed by atoms with Crippen molar-refractivity contribution in [3.05, 3.63) is 80.6 Å². The normalized spacial score (nSPS) is 10.5. The van der Waals surface area contributed by atoms with Crippen LogP contribution < -0.4 is 16.2 Å². The molecule has 0 radical (unpaired) electrons. The molecule has 0 saturated carbocycles. The van der Waals surface area contributed by atoms with Crippen molar-refractivity contribution in [1.82, 2.24) is 10.3 Å². The topological polar surface area (TPSA) is 117 Å². The molecule has 1 aromatic heterocycles. The number of fused-ring (bicyclic) bond motifs is 1. The van der Waals surface area contributed by atoms with Crippen LogP contribution in [0.1, 0.15) is 10.4 Å². The molecule has 2 aromatic carbocycles. The van der Waals surface area contributed by atoms with Crippen LogP contribution in [0.5, 0.6) is 0 Å². The number of nitro groups is 1. The van der Waals surface area contributed by atoms with E-state index in [4.69, 9.17) is 0 Å². The summed E-state index contributed by atoms with van der Waals surface area (Å²) in [4.78, 5) is 37.4. The summed E-state index contributed by atoms with van der Waals surface area (Å²) in [6.45, 7) is 0.485. The average Bonchev–Trinajstić information content (AvgIpc) is 2.64. The predicted octanol–water partition coefficient (Wildman–Crippen LogP) is 2.28. The van der Waals surface area contributed by atoms with Crippen LogP contribution in [0.2, 0.25) is 0 Å². The lowest BCUT2D eigenvalue weighted by molar-refractivity contribution is -0.384. The Balaban J connectivity index is 1.62. The second-order valence-electron chi connectivity index (χ2n) is 5.56. The molecule has 0 aliphatic carbocycles. The maximum absolute atomic E-state index is 12.2. The number of benzene rings is 2. The van der Waals surface area contributed by atoms with Gasteiger partial charge in [0, 0.05) is 24.7 Å². The Bertz CT molecular complexity index is 1030. The van der Waals surface area contributed by atoms with Crippen molar-refractivity contribution < 1.29 is 9.72 Å². The molecule has 8 heteroatoms. The van der Waals surface area contributed by atoms with Gasteiger partial charge >= 0.3 is 0 Å². The summed E-state index contributed by atoms with van der Waals surface area (Å²) in [7, 11) is 0. The summed E-state index contributed by atoms with van der Waals surface area (Å²) in [6.07, 6.45) is 0. The first-order chi connectivity index (χ1) is 12.6. The monoisotopic (exact) mass is 352 g/mol. The SMILES string of the molecule is O=C(NCCNc1ccccc1[N+](=O)[O-])c1cc2ccccc2[nH]c1=O. The number of carbonyl (C=O) groups excluding carboxylic acids is 1. The first-order valence-electron chi connectivity index (χ1n) is 7.94. The third kappa shape index (κ3) is 3.69. The number of H-pyrrole nitrogens is 1. The molecule has 0 fully saturated rings. The number of hydrogen-bond acceptors (Lipinski definition) is 5. The van der Waals surface area contributed by atoms with Crippen LogP contribution in [0.4, 0.5) is 11.4 Å². The highest BCUT2D eigenvalue weighted by Crippen LogP contribution is 2.22. The van der Waals surface area contributed by atoms with Gasteiger partial charge in [-0.1, -0.05) is 30.3 Å². The van der Waals surface area contributed by atoms with E-state index in [1.54, 1.807) is 42.5 Å². The Morgan fingerprint density at radius 3 is 2.62 bits per heavy atom. The molecule has 0 atom stereocenters. The molecule has 0 spiro atoms. The Morgan fingerprint density at radius 2 is 1.81 bits per heavy atom. The van der Waals surface area contributed by atoms with Crippen LogP contribution in [0.15, 0.2) is 59.4 Å². The quantitative estimate of drug-likeness (QED) is 0.357. The van der Waals surface area contributed by atoms with Gasteiger partial charge in [-0.15, -0.1) is 0 Å². The van der Waals surface area contributed by atoms with Gasteiger partial charge in [0.25, 0.3) is 17.2 Å². The van der Waals surface area contributed by atoms with Crippen LogP contribution >= 0.6 is 0 Å². The maximum atomic E-state index is 12.2. The Hall–Kier alpha value is -3.68. The van der Waals surface area contributed by atoms with Gasteiger partial charge in [-0.25, -0.2) is 0 Å². The summed E-state index contributed by atoms with van der Waals surface area (Å²) < 4.78 is 0. The number of hydrogen-bond donors (Lipinski definition) is 3. The van der Waals surface area contributed by atoms with E-state index in [1.807, 2.05) is 6.07 Å². The number of aromatic nitrogens is 1. The summed E-state index contributed by atoms with van der Waals surface area (Å²) >= 11 is 0. The summed E-state index contributed by atoms with van der Waals surface area (Å²) in [5.41, 5.74) is 0.550. The Morgan fingerprint density at radius 1 is 1.08 bits per heavy atom. The molecule has 3 aromatic rings. The van der Waals surface area contributed by atoms with E-state index in [0.29, 0.717) is 11.2 Å². The molecule has 0 aliphatic heterocycles. The van der Waals surface area contributed by atoms with Crippen molar-refractivity contribution in [2.45, 2.75) is 0 Å². The summed E-state index contributed by atoms with van der Waals surface area (Å²) in [5, 5.41) is 17.2. The average molecular weight is 352 g/mol. The lowest BCUT2D eigenvalue weighted by atomic mass is 10.1. The fourth-order valence-electron chi connectivity index (χ4n) is 2.57. The molecule has 0 aliphatic rings. The van der Waals surface area contributed by atoms with E-state index in [2.05, 4.69) is 15.6 Å². The number of rotatable bonds is 6. The van der Waals surface area contributed by atoms with Gasteiger partial charge in [-0.3, -0.25) is 19.7 Å². The van der Waals surface area contributed by atoms with Gasteiger partial charge in [0.15, 0.2) is 0 Å². The third-order valence-corrected chi connectivity index (χ3v) is 3.82. The number of carbonyl (C=O) groups is 1. The van der Waals surface area contributed by atoms with E-state index in [1.165, 1.54) is 6.07 Å². The molecular weight excluding hydrogens is 336 g/mol. The molecule has 3 N–H and O–H groups in total. The highest BCUT2D eigenvalue weighted by molar-refractivity contribution is 5.97. The smallest absolute Gasteiger partial charge is 0.292 e. The number of nitrogens with one attached hydrogen (secondary N) is 3. The molecule has 0 unspecified atom stereocenters. The number of para-hydroxylation sites is 3. The van der Waals surface area contributed by atoms with Gasteiger partial charge in [0.1, 0.15) is 11.3 Å². The fourth-order valence-corrected chi connectivity index (χ4v) is 2.57. The minimum atomic E-state index is -0.499. The van der Waals surface area contributed by atoms with E-state index in [-0.39, 0.29) is 24.3 Å². The van der Waals surface area contributed by atoms with Gasteiger partial charge in [-0.05, 0) is 23.6 Å². The standard InChI is InChI=1S/C18H16N4O4/c23-17(13-11-12-5-1-2-6-14(12)21-18(13)24)20-10-9-19-15-7-3-4-8-16(15)22(25)26/h1-8,11,19H,9-10H2,(H,20,23)(H,21,24). The van der Waals surface area contributed by atoms with Gasteiger partial charge in [0.05, 0.1) is 4.92 Å². The second kappa shape index (κ2) is 7.47. The zero-order chi connectivity index (χ0) is 18.5. The minimum absolute atomic E-state index is 0.0226. The van der Waals surface area contributed by atoms with Crippen molar-refractivity contribution in [2.24, 2.45) is 0 Å². The predicted molar refractivity (Wildman–Crippen MR) is 98.5 cm³/mol. The van der Waals surface area contributed by atoms with Crippen molar-refractivity contribution in [3.63, 3.8) is 0 Å². The molecular formula is C18H16N4O4. The largest absolute Gasteiger partial charge is 0.378 e. The van der Waals surface area contributed by atoms with Crippen LogP contribution in [-0.4, -0.2) is 28.9 Å². The number of anilines is 1. The molecule has 0 saturated heterocycles. The lowest BCUT2D eigenvalue weighted by Gasteiger charge is -2.08. The Labute approximate surface area is 148 Å².